The van der Waals surface area contributed by atoms with Crippen molar-refractivity contribution in [1.82, 2.24) is 19.7 Å². The van der Waals surface area contributed by atoms with Gasteiger partial charge in [-0.15, -0.1) is 21.5 Å². The van der Waals surface area contributed by atoms with Gasteiger partial charge in [-0.25, -0.2) is 9.37 Å². The maximum absolute atomic E-state index is 13.4. The molecule has 33 heavy (non-hydrogen) atoms. The Labute approximate surface area is 199 Å². The molecule has 5 rings (SSSR count). The van der Waals surface area contributed by atoms with E-state index in [2.05, 4.69) is 20.1 Å². The zero-order valence-electron chi connectivity index (χ0n) is 18.1. The molecule has 0 spiro atoms. The summed E-state index contributed by atoms with van der Waals surface area (Å²) in [5.41, 5.74) is 2.86. The molecule has 0 radical (unpaired) electrons. The second-order valence-electron chi connectivity index (χ2n) is 7.72. The molecule has 0 bridgehead atoms. The van der Waals surface area contributed by atoms with Gasteiger partial charge in [0, 0.05) is 28.9 Å². The molecule has 9 heteroatoms. The Morgan fingerprint density at radius 3 is 2.85 bits per heavy atom. The van der Waals surface area contributed by atoms with Crippen LogP contribution in [0.25, 0.3) is 22.0 Å². The number of hydrogen-bond acceptors (Lipinski definition) is 7. The lowest BCUT2D eigenvalue weighted by Gasteiger charge is -2.14. The monoisotopic (exact) mass is 482 g/mol. The number of methoxy groups -OCH3 is 1. The molecule has 1 unspecified atom stereocenters. The van der Waals surface area contributed by atoms with Gasteiger partial charge >= 0.3 is 0 Å². The summed E-state index contributed by atoms with van der Waals surface area (Å²) in [5, 5.41) is 12.7. The van der Waals surface area contributed by atoms with Crippen LogP contribution in [-0.2, 0) is 17.0 Å². The lowest BCUT2D eigenvalue weighted by Crippen LogP contribution is -2.16. The molecule has 1 saturated heterocycles. The van der Waals surface area contributed by atoms with Crippen LogP contribution < -0.4 is 4.74 Å². The minimum absolute atomic E-state index is 0.137. The fourth-order valence-corrected chi connectivity index (χ4v) is 5.53. The van der Waals surface area contributed by atoms with Crippen LogP contribution in [0.3, 0.4) is 0 Å². The van der Waals surface area contributed by atoms with E-state index in [-0.39, 0.29) is 11.9 Å². The van der Waals surface area contributed by atoms with Crippen molar-refractivity contribution in [3.63, 3.8) is 0 Å². The summed E-state index contributed by atoms with van der Waals surface area (Å²) in [6, 6.07) is 14.3. The van der Waals surface area contributed by atoms with E-state index in [9.17, 15) is 4.39 Å². The summed E-state index contributed by atoms with van der Waals surface area (Å²) in [4.78, 5) is 4.80. The average Bonchev–Trinajstić information content (AvgIpc) is 3.61. The number of thioether (sulfide) groups is 1. The Kier molecular flexibility index (Phi) is 6.70. The second-order valence-corrected chi connectivity index (χ2v) is 9.52. The first kappa shape index (κ1) is 22.1. The fraction of sp³-hybridized carbons (Fsp3) is 0.292. The Hall–Kier alpha value is -2.75. The van der Waals surface area contributed by atoms with Gasteiger partial charge in [0.15, 0.2) is 11.0 Å². The third-order valence-corrected chi connectivity index (χ3v) is 7.39. The summed E-state index contributed by atoms with van der Waals surface area (Å²) in [6.07, 6.45) is 2.22. The molecule has 0 aliphatic carbocycles. The summed E-state index contributed by atoms with van der Waals surface area (Å²) in [7, 11) is 1.66. The Balaban J connectivity index is 1.36. The standard InChI is InChI=1S/C24H23FN4O2S2/c1-30-20-5-2-4-17(12-20)23-26-19(14-32-23)15-33-24-28-27-22(16-7-9-18(25)10-8-16)29(24)13-21-6-3-11-31-21/h2,4-5,7-10,12,14,21H,3,6,11,13,15H2,1H3. The maximum Gasteiger partial charge on any atom is 0.191 e. The summed E-state index contributed by atoms with van der Waals surface area (Å²) in [5.74, 6) is 1.94. The molecule has 0 saturated carbocycles. The minimum Gasteiger partial charge on any atom is -0.497 e. The predicted molar refractivity (Wildman–Crippen MR) is 128 cm³/mol. The topological polar surface area (TPSA) is 62.1 Å². The number of halogens is 1. The van der Waals surface area contributed by atoms with Crippen molar-refractivity contribution in [2.75, 3.05) is 13.7 Å². The van der Waals surface area contributed by atoms with Gasteiger partial charge in [0.2, 0.25) is 0 Å². The molecule has 6 nitrogen and oxygen atoms in total. The zero-order valence-corrected chi connectivity index (χ0v) is 19.7. The Morgan fingerprint density at radius 2 is 2.06 bits per heavy atom. The van der Waals surface area contributed by atoms with Gasteiger partial charge in [-0.3, -0.25) is 4.57 Å². The van der Waals surface area contributed by atoms with Crippen molar-refractivity contribution >= 4 is 23.1 Å². The van der Waals surface area contributed by atoms with E-state index in [1.807, 2.05) is 24.3 Å². The normalized spacial score (nSPS) is 15.8. The molecular formula is C24H23FN4O2S2. The smallest absolute Gasteiger partial charge is 0.191 e. The third-order valence-electron chi connectivity index (χ3n) is 5.45. The van der Waals surface area contributed by atoms with Gasteiger partial charge in [-0.05, 0) is 49.2 Å². The first-order chi connectivity index (χ1) is 16.2. The highest BCUT2D eigenvalue weighted by Gasteiger charge is 2.22. The fourth-order valence-electron chi connectivity index (χ4n) is 3.76. The number of nitrogens with zero attached hydrogens (tertiary/aromatic N) is 4. The largest absolute Gasteiger partial charge is 0.497 e. The van der Waals surface area contributed by atoms with Crippen LogP contribution in [0.2, 0.25) is 0 Å². The van der Waals surface area contributed by atoms with E-state index < -0.39 is 0 Å². The number of ether oxygens (including phenoxy) is 2. The van der Waals surface area contributed by atoms with E-state index in [1.54, 1.807) is 42.3 Å². The van der Waals surface area contributed by atoms with Gasteiger partial charge in [-0.1, -0.05) is 23.9 Å². The third kappa shape index (κ3) is 5.10. The molecule has 0 amide bonds. The molecule has 4 aromatic rings. The number of thiazole rings is 1. The number of rotatable bonds is 8. The van der Waals surface area contributed by atoms with Crippen LogP contribution in [0.4, 0.5) is 4.39 Å². The average molecular weight is 483 g/mol. The number of aromatic nitrogens is 4. The van der Waals surface area contributed by atoms with Crippen LogP contribution in [0.15, 0.2) is 59.1 Å². The van der Waals surface area contributed by atoms with Gasteiger partial charge in [0.05, 0.1) is 25.5 Å². The molecule has 1 fully saturated rings. The Morgan fingerprint density at radius 1 is 1.18 bits per heavy atom. The summed E-state index contributed by atoms with van der Waals surface area (Å²) >= 11 is 3.21. The highest BCUT2D eigenvalue weighted by atomic mass is 32.2. The van der Waals surface area contributed by atoms with Gasteiger partial charge in [0.25, 0.3) is 0 Å². The SMILES string of the molecule is COc1cccc(-c2nc(CSc3nnc(-c4ccc(F)cc4)n3CC3CCCO3)cs2)c1. The lowest BCUT2D eigenvalue weighted by molar-refractivity contribution is 0.0953. The summed E-state index contributed by atoms with van der Waals surface area (Å²) in [6.45, 7) is 1.46. The van der Waals surface area contributed by atoms with Crippen LogP contribution in [0.1, 0.15) is 18.5 Å². The predicted octanol–water partition coefficient (Wildman–Crippen LogP) is 5.69. The van der Waals surface area contributed by atoms with E-state index in [0.717, 1.165) is 58.0 Å². The van der Waals surface area contributed by atoms with Gasteiger partial charge in [0.1, 0.15) is 16.6 Å². The molecule has 3 heterocycles. The van der Waals surface area contributed by atoms with Crippen LogP contribution >= 0.6 is 23.1 Å². The van der Waals surface area contributed by atoms with E-state index in [4.69, 9.17) is 14.5 Å². The number of hydrogen-bond donors (Lipinski definition) is 0. The molecule has 0 N–H and O–H groups in total. The highest BCUT2D eigenvalue weighted by Crippen LogP contribution is 2.31. The molecule has 1 aliphatic heterocycles. The first-order valence-electron chi connectivity index (χ1n) is 10.7. The van der Waals surface area contributed by atoms with Crippen LogP contribution in [-0.4, -0.2) is 39.6 Å². The number of benzene rings is 2. The van der Waals surface area contributed by atoms with Crippen LogP contribution in [0.5, 0.6) is 5.75 Å². The van der Waals surface area contributed by atoms with E-state index in [0.29, 0.717) is 12.3 Å². The zero-order chi connectivity index (χ0) is 22.6. The molecular weight excluding hydrogens is 459 g/mol. The van der Waals surface area contributed by atoms with Gasteiger partial charge < -0.3 is 9.47 Å². The molecule has 170 valence electrons. The van der Waals surface area contributed by atoms with Crippen molar-refractivity contribution in [1.29, 1.82) is 0 Å². The lowest BCUT2D eigenvalue weighted by atomic mass is 10.2. The molecule has 2 aromatic carbocycles. The maximum atomic E-state index is 13.4. The van der Waals surface area contributed by atoms with Crippen molar-refractivity contribution in [2.24, 2.45) is 0 Å². The van der Waals surface area contributed by atoms with E-state index >= 15 is 0 Å². The van der Waals surface area contributed by atoms with Crippen molar-refractivity contribution < 1.29 is 13.9 Å². The Bertz CT molecular complexity index is 1220. The molecule has 2 aromatic heterocycles. The second kappa shape index (κ2) is 10.0. The van der Waals surface area contributed by atoms with E-state index in [1.165, 1.54) is 12.1 Å². The van der Waals surface area contributed by atoms with Crippen molar-refractivity contribution in [2.45, 2.75) is 36.4 Å². The molecule has 1 atom stereocenters. The van der Waals surface area contributed by atoms with Crippen molar-refractivity contribution in [3.05, 3.63) is 65.4 Å². The van der Waals surface area contributed by atoms with Crippen LogP contribution in [0, 0.1) is 5.82 Å². The minimum atomic E-state index is -0.270. The summed E-state index contributed by atoms with van der Waals surface area (Å²) < 4.78 is 26.7. The quantitative estimate of drug-likeness (QED) is 0.301. The van der Waals surface area contributed by atoms with Crippen molar-refractivity contribution in [3.8, 4) is 27.7 Å². The first-order valence-corrected chi connectivity index (χ1v) is 12.6. The van der Waals surface area contributed by atoms with Gasteiger partial charge in [-0.2, -0.15) is 0 Å². The molecule has 1 aliphatic rings. The highest BCUT2D eigenvalue weighted by molar-refractivity contribution is 7.98.